The molecule has 0 N–H and O–H groups in total. The molecule has 0 spiro atoms. The first-order chi connectivity index (χ1) is 6.91. The van der Waals surface area contributed by atoms with E-state index in [1.807, 2.05) is 0 Å². The van der Waals surface area contributed by atoms with Crippen LogP contribution in [-0.4, -0.2) is 25.7 Å². The zero-order valence-corrected chi connectivity index (χ0v) is 10.8. The average Bonchev–Trinajstić information content (AvgIpc) is 2.21. The smallest absolute Gasteiger partial charge is 0.0894 e. The van der Waals surface area contributed by atoms with Crippen LogP contribution >= 0.6 is 16.5 Å². The summed E-state index contributed by atoms with van der Waals surface area (Å²) in [6.45, 7) is -0.316. The third-order valence-corrected chi connectivity index (χ3v) is 5.70. The number of rotatable bonds is 11. The van der Waals surface area contributed by atoms with Gasteiger partial charge >= 0.3 is 0 Å². The van der Waals surface area contributed by atoms with E-state index in [-0.39, 0.29) is 13.3 Å². The average molecular weight is 242 g/mol. The van der Waals surface area contributed by atoms with Gasteiger partial charge in [0.05, 0.1) is 13.3 Å². The van der Waals surface area contributed by atoms with Crippen LogP contribution in [-0.2, 0) is 0 Å². The summed E-state index contributed by atoms with van der Waals surface area (Å²) in [6.07, 6.45) is 8.53. The lowest BCUT2D eigenvalue weighted by Crippen LogP contribution is -1.81. The molecule has 86 valence electrons. The lowest BCUT2D eigenvalue weighted by atomic mass is 10.3. The fraction of sp³-hybridized carbons (Fsp3) is 1.00. The van der Waals surface area contributed by atoms with Crippen molar-refractivity contribution in [2.24, 2.45) is 0 Å². The summed E-state index contributed by atoms with van der Waals surface area (Å²) in [5.74, 6) is 0. The van der Waals surface area contributed by atoms with Gasteiger partial charge < -0.3 is 0 Å². The summed E-state index contributed by atoms with van der Waals surface area (Å²) in [7, 11) is 2.13. The Bertz CT molecular complexity index is 90.1. The molecule has 0 fully saturated rings. The van der Waals surface area contributed by atoms with Gasteiger partial charge in [0.15, 0.2) is 0 Å². The standard InChI is InChI=1S/C10H22F2P2/c11-7-3-1-5-9-13-14-10-6-2-4-8-12/h13-14H,1-10H2. The Balaban J connectivity index is 2.78. The van der Waals surface area contributed by atoms with Crippen molar-refractivity contribution in [3.8, 4) is 0 Å². The fourth-order valence-electron chi connectivity index (χ4n) is 1.15. The van der Waals surface area contributed by atoms with Crippen molar-refractivity contribution in [3.05, 3.63) is 0 Å². The molecule has 14 heavy (non-hydrogen) atoms. The Morgan fingerprint density at radius 3 is 1.36 bits per heavy atom. The highest BCUT2D eigenvalue weighted by molar-refractivity contribution is 8.11. The number of unbranched alkanes of at least 4 members (excludes halogenated alkanes) is 4. The van der Waals surface area contributed by atoms with E-state index in [1.165, 1.54) is 25.2 Å². The normalized spacial score (nSPS) is 12.4. The molecule has 4 heteroatoms. The molecular weight excluding hydrogens is 220 g/mol. The highest BCUT2D eigenvalue weighted by Gasteiger charge is 1.92. The third-order valence-electron chi connectivity index (χ3n) is 2.00. The van der Waals surface area contributed by atoms with E-state index in [4.69, 9.17) is 0 Å². The topological polar surface area (TPSA) is 0 Å². The summed E-state index contributed by atoms with van der Waals surface area (Å²) in [5, 5.41) is 0. The van der Waals surface area contributed by atoms with E-state index in [0.29, 0.717) is 0 Å². The van der Waals surface area contributed by atoms with E-state index >= 15 is 0 Å². The van der Waals surface area contributed by atoms with Gasteiger partial charge in [-0.3, -0.25) is 8.78 Å². The number of halogens is 2. The van der Waals surface area contributed by atoms with Crippen LogP contribution in [0.4, 0.5) is 8.78 Å². The SMILES string of the molecule is FCCCCCPPCCCCCF. The molecule has 0 aromatic rings. The molecular formula is C10H22F2P2. The van der Waals surface area contributed by atoms with Crippen molar-refractivity contribution in [1.29, 1.82) is 0 Å². The van der Waals surface area contributed by atoms with Gasteiger partial charge in [0.1, 0.15) is 0 Å². The van der Waals surface area contributed by atoms with Gasteiger partial charge in [-0.15, -0.1) is 0 Å². The van der Waals surface area contributed by atoms with E-state index in [9.17, 15) is 8.78 Å². The highest BCUT2D eigenvalue weighted by Crippen LogP contribution is 2.38. The maximum Gasteiger partial charge on any atom is 0.0894 e. The summed E-state index contributed by atoms with van der Waals surface area (Å²) in [4.78, 5) is 0. The van der Waals surface area contributed by atoms with E-state index in [1.54, 1.807) is 0 Å². The van der Waals surface area contributed by atoms with Crippen LogP contribution in [0.1, 0.15) is 38.5 Å². The van der Waals surface area contributed by atoms with E-state index in [0.717, 1.165) is 42.2 Å². The lowest BCUT2D eigenvalue weighted by Gasteiger charge is -2.01. The van der Waals surface area contributed by atoms with E-state index in [2.05, 4.69) is 0 Å². The largest absolute Gasteiger partial charge is 0.251 e. The Kier molecular flexibility index (Phi) is 14.4. The Morgan fingerprint density at radius 1 is 0.571 bits per heavy atom. The molecule has 0 aliphatic carbocycles. The fourth-order valence-corrected chi connectivity index (χ4v) is 4.47. The molecule has 0 saturated heterocycles. The molecule has 0 bridgehead atoms. The van der Waals surface area contributed by atoms with Gasteiger partial charge in [0.2, 0.25) is 0 Å². The van der Waals surface area contributed by atoms with Crippen molar-refractivity contribution < 1.29 is 8.78 Å². The minimum Gasteiger partial charge on any atom is -0.251 e. The van der Waals surface area contributed by atoms with Gasteiger partial charge in [0, 0.05) is 0 Å². The third kappa shape index (κ3) is 12.7. The van der Waals surface area contributed by atoms with Gasteiger partial charge in [0.25, 0.3) is 0 Å². The predicted octanol–water partition coefficient (Wildman–Crippen LogP) is 4.54. The van der Waals surface area contributed by atoms with Gasteiger partial charge in [-0.05, 0) is 38.0 Å². The quantitative estimate of drug-likeness (QED) is 0.368. The van der Waals surface area contributed by atoms with Crippen LogP contribution in [0.3, 0.4) is 0 Å². The van der Waals surface area contributed by atoms with Gasteiger partial charge in [-0.25, -0.2) is 0 Å². The number of alkyl halides is 2. The van der Waals surface area contributed by atoms with Crippen LogP contribution in [0.5, 0.6) is 0 Å². The Morgan fingerprint density at radius 2 is 1.00 bits per heavy atom. The molecule has 0 rings (SSSR count). The first-order valence-electron chi connectivity index (χ1n) is 5.49. The summed E-state index contributed by atoms with van der Waals surface area (Å²) >= 11 is 0. The second-order valence-electron chi connectivity index (χ2n) is 3.35. The first-order valence-corrected chi connectivity index (χ1v) is 8.91. The van der Waals surface area contributed by atoms with Crippen molar-refractivity contribution in [2.45, 2.75) is 38.5 Å². The highest BCUT2D eigenvalue weighted by atomic mass is 32.0. The molecule has 2 atom stereocenters. The molecule has 0 heterocycles. The second kappa shape index (κ2) is 13.7. The molecule has 0 saturated carbocycles. The van der Waals surface area contributed by atoms with Crippen LogP contribution in [0.15, 0.2) is 0 Å². The zero-order valence-electron chi connectivity index (χ0n) is 8.83. The van der Waals surface area contributed by atoms with Gasteiger partial charge in [-0.1, -0.05) is 29.4 Å². The Labute approximate surface area is 90.1 Å². The minimum absolute atomic E-state index is 0.158. The first kappa shape index (κ1) is 14.7. The zero-order chi connectivity index (χ0) is 10.5. The predicted molar refractivity (Wildman–Crippen MR) is 66.0 cm³/mol. The molecule has 2 unspecified atom stereocenters. The monoisotopic (exact) mass is 242 g/mol. The molecule has 0 aromatic carbocycles. The summed E-state index contributed by atoms with van der Waals surface area (Å²) in [6, 6.07) is 0. The van der Waals surface area contributed by atoms with Crippen LogP contribution < -0.4 is 0 Å². The van der Waals surface area contributed by atoms with Crippen molar-refractivity contribution >= 4 is 16.5 Å². The maximum atomic E-state index is 11.7. The lowest BCUT2D eigenvalue weighted by molar-refractivity contribution is 0.460. The molecule has 0 aliphatic rings. The van der Waals surface area contributed by atoms with E-state index < -0.39 is 0 Å². The van der Waals surface area contributed by atoms with Crippen molar-refractivity contribution in [2.75, 3.05) is 25.7 Å². The number of hydrogen-bond donors (Lipinski definition) is 0. The maximum absolute atomic E-state index is 11.7. The van der Waals surface area contributed by atoms with Crippen LogP contribution in [0.2, 0.25) is 0 Å². The Hall–Kier alpha value is 0.720. The molecule has 0 radical (unpaired) electrons. The molecule has 0 aromatic heterocycles. The summed E-state index contributed by atoms with van der Waals surface area (Å²) < 4.78 is 23.4. The van der Waals surface area contributed by atoms with Crippen molar-refractivity contribution in [1.82, 2.24) is 0 Å². The summed E-state index contributed by atoms with van der Waals surface area (Å²) in [5.41, 5.74) is 0. The van der Waals surface area contributed by atoms with Crippen LogP contribution in [0.25, 0.3) is 0 Å². The van der Waals surface area contributed by atoms with Crippen LogP contribution in [0, 0.1) is 0 Å². The van der Waals surface area contributed by atoms with Crippen molar-refractivity contribution in [3.63, 3.8) is 0 Å². The molecule has 0 nitrogen and oxygen atoms in total. The number of hydrogen-bond acceptors (Lipinski definition) is 0. The second-order valence-corrected chi connectivity index (χ2v) is 7.18. The molecule has 0 aliphatic heterocycles. The molecule has 0 amide bonds. The van der Waals surface area contributed by atoms with Gasteiger partial charge in [-0.2, -0.15) is 0 Å². The minimum atomic E-state index is -0.158.